The highest BCUT2D eigenvalue weighted by Crippen LogP contribution is 2.69. The zero-order valence-corrected chi connectivity index (χ0v) is 25.4. The van der Waals surface area contributed by atoms with Crippen molar-refractivity contribution in [3.8, 4) is 0 Å². The first-order valence-electron chi connectivity index (χ1n) is 15.2. The highest BCUT2D eigenvalue weighted by molar-refractivity contribution is 5.87. The molecule has 4 fully saturated rings. The molecule has 4 aliphatic rings. The molecular weight excluding hydrogens is 508 g/mol. The maximum atomic E-state index is 12.9. The van der Waals surface area contributed by atoms with Crippen molar-refractivity contribution in [1.29, 1.82) is 0 Å². The van der Waals surface area contributed by atoms with Gasteiger partial charge in [-0.3, -0.25) is 4.79 Å². The molecule has 0 bridgehead atoms. The predicted molar refractivity (Wildman–Crippen MR) is 152 cm³/mol. The summed E-state index contributed by atoms with van der Waals surface area (Å²) in [6.07, 6.45) is 5.97. The second-order valence-electron chi connectivity index (χ2n) is 13.9. The van der Waals surface area contributed by atoms with Crippen LogP contribution in [0.25, 0.3) is 0 Å². The summed E-state index contributed by atoms with van der Waals surface area (Å²) >= 11 is 0. The molecule has 0 heterocycles. The molecule has 224 valence electrons. The van der Waals surface area contributed by atoms with Crippen LogP contribution in [-0.4, -0.2) is 48.4 Å². The van der Waals surface area contributed by atoms with E-state index < -0.39 is 6.10 Å². The molecule has 7 heteroatoms. The Morgan fingerprint density at radius 2 is 1.60 bits per heavy atom. The Morgan fingerprint density at radius 3 is 2.23 bits per heavy atom. The molecule has 0 aromatic rings. The summed E-state index contributed by atoms with van der Waals surface area (Å²) in [5.74, 6) is 0.401. The monoisotopic (exact) mass is 558 g/mol. The largest absolute Gasteiger partial charge is 0.469 e. The van der Waals surface area contributed by atoms with Gasteiger partial charge in [-0.2, -0.15) is 0 Å². The molecule has 4 saturated carbocycles. The summed E-state index contributed by atoms with van der Waals surface area (Å²) in [5, 5.41) is 11.9. The van der Waals surface area contributed by atoms with E-state index in [0.29, 0.717) is 24.0 Å². The first-order valence-corrected chi connectivity index (χ1v) is 15.2. The molecule has 0 radical (unpaired) electrons. The van der Waals surface area contributed by atoms with Crippen molar-refractivity contribution in [3.63, 3.8) is 0 Å². The number of fused-ring (bicyclic) bond motifs is 5. The van der Waals surface area contributed by atoms with Gasteiger partial charge in [0, 0.05) is 23.5 Å². The van der Waals surface area contributed by atoms with Crippen LogP contribution >= 0.6 is 0 Å². The summed E-state index contributed by atoms with van der Waals surface area (Å²) in [6, 6.07) is 0. The van der Waals surface area contributed by atoms with Crippen LogP contribution in [0.1, 0.15) is 92.4 Å². The standard InChI is InChI=1S/C33H50O7/c1-18(2)30(36)39-22-13-14-32(6)21(15-22)16-26(40-31(37)19(3)4)29-24-11-10-23(20(5)9-12-28(35)38-8)33(24,7)27(34)17-25(29)32/h20-27,29,34H,1,3,9-17H2,2,4-8H3/t20?,21?,22-,23?,24?,25?,26?,27+,29?,32+,33-/m1/s1. The molecule has 40 heavy (non-hydrogen) atoms. The first-order chi connectivity index (χ1) is 18.7. The number of carbonyl (C=O) groups excluding carboxylic acids is 3. The number of aliphatic hydroxyl groups is 1. The van der Waals surface area contributed by atoms with Gasteiger partial charge in [-0.25, -0.2) is 9.59 Å². The van der Waals surface area contributed by atoms with E-state index in [0.717, 1.165) is 44.9 Å². The topological polar surface area (TPSA) is 99.1 Å². The van der Waals surface area contributed by atoms with Crippen molar-refractivity contribution in [2.45, 2.75) is 111 Å². The molecule has 4 rings (SSSR count). The van der Waals surface area contributed by atoms with E-state index in [1.807, 2.05) is 0 Å². The van der Waals surface area contributed by atoms with E-state index in [1.165, 1.54) is 7.11 Å². The smallest absolute Gasteiger partial charge is 0.333 e. The van der Waals surface area contributed by atoms with Gasteiger partial charge in [0.25, 0.3) is 0 Å². The average Bonchev–Trinajstić information content (AvgIpc) is 3.26. The normalized spacial score (nSPS) is 41.0. The Hall–Kier alpha value is -2.15. The van der Waals surface area contributed by atoms with Crippen molar-refractivity contribution in [1.82, 2.24) is 0 Å². The van der Waals surface area contributed by atoms with Crippen molar-refractivity contribution in [2.24, 2.45) is 46.3 Å². The van der Waals surface area contributed by atoms with Gasteiger partial charge in [-0.15, -0.1) is 0 Å². The quantitative estimate of drug-likeness (QED) is 0.229. The summed E-state index contributed by atoms with van der Waals surface area (Å²) < 4.78 is 16.9. The number of methoxy groups -OCH3 is 1. The first kappa shape index (κ1) is 30.8. The fourth-order valence-corrected chi connectivity index (χ4v) is 9.46. The number of esters is 3. The molecule has 0 aromatic heterocycles. The van der Waals surface area contributed by atoms with Crippen LogP contribution in [0.5, 0.6) is 0 Å². The van der Waals surface area contributed by atoms with Crippen LogP contribution in [0.3, 0.4) is 0 Å². The minimum Gasteiger partial charge on any atom is -0.469 e. The van der Waals surface area contributed by atoms with Crippen LogP contribution < -0.4 is 0 Å². The van der Waals surface area contributed by atoms with Crippen LogP contribution in [-0.2, 0) is 28.6 Å². The molecule has 0 spiro atoms. The molecule has 7 unspecified atom stereocenters. The number of hydrogen-bond donors (Lipinski definition) is 1. The molecule has 0 aromatic carbocycles. The zero-order valence-electron chi connectivity index (χ0n) is 25.4. The minimum absolute atomic E-state index is 0.0418. The molecule has 7 nitrogen and oxygen atoms in total. The Bertz CT molecular complexity index is 1030. The summed E-state index contributed by atoms with van der Waals surface area (Å²) in [5.41, 5.74) is 0.430. The number of rotatable bonds is 8. The lowest BCUT2D eigenvalue weighted by molar-refractivity contribution is -0.217. The Morgan fingerprint density at radius 1 is 0.950 bits per heavy atom. The highest BCUT2D eigenvalue weighted by atomic mass is 16.5. The summed E-state index contributed by atoms with van der Waals surface area (Å²) in [6.45, 7) is 17.7. The fraction of sp³-hybridized carbons (Fsp3) is 0.788. The van der Waals surface area contributed by atoms with E-state index >= 15 is 0 Å². The van der Waals surface area contributed by atoms with Gasteiger partial charge in [0.1, 0.15) is 12.2 Å². The average molecular weight is 559 g/mol. The Labute approximate surface area is 240 Å². The lowest BCUT2D eigenvalue weighted by Gasteiger charge is -2.64. The Balaban J connectivity index is 1.63. The van der Waals surface area contributed by atoms with Gasteiger partial charge >= 0.3 is 17.9 Å². The van der Waals surface area contributed by atoms with E-state index in [1.54, 1.807) is 13.8 Å². The van der Waals surface area contributed by atoms with Gasteiger partial charge in [-0.1, -0.05) is 33.9 Å². The van der Waals surface area contributed by atoms with Crippen LogP contribution in [0.4, 0.5) is 0 Å². The molecule has 0 amide bonds. The van der Waals surface area contributed by atoms with Crippen LogP contribution in [0.15, 0.2) is 24.3 Å². The number of carbonyl (C=O) groups is 3. The molecule has 11 atom stereocenters. The third-order valence-electron chi connectivity index (χ3n) is 11.7. The number of ether oxygens (including phenoxy) is 3. The second kappa shape index (κ2) is 11.6. The third-order valence-corrected chi connectivity index (χ3v) is 11.7. The third kappa shape index (κ3) is 5.39. The van der Waals surface area contributed by atoms with Crippen LogP contribution in [0.2, 0.25) is 0 Å². The van der Waals surface area contributed by atoms with Gasteiger partial charge in [0.2, 0.25) is 0 Å². The summed E-state index contributed by atoms with van der Waals surface area (Å²) in [4.78, 5) is 37.1. The van der Waals surface area contributed by atoms with Crippen molar-refractivity contribution in [2.75, 3.05) is 7.11 Å². The maximum absolute atomic E-state index is 12.9. The second-order valence-corrected chi connectivity index (χ2v) is 13.9. The maximum Gasteiger partial charge on any atom is 0.333 e. The van der Waals surface area contributed by atoms with E-state index in [4.69, 9.17) is 14.2 Å². The zero-order chi connectivity index (χ0) is 29.6. The molecule has 0 saturated heterocycles. The predicted octanol–water partition coefficient (Wildman–Crippen LogP) is 5.79. The highest BCUT2D eigenvalue weighted by Gasteiger charge is 2.66. The molecule has 1 N–H and O–H groups in total. The molecule has 4 aliphatic carbocycles. The van der Waals surface area contributed by atoms with Crippen LogP contribution in [0, 0.1) is 46.3 Å². The Kier molecular flexibility index (Phi) is 8.95. The van der Waals surface area contributed by atoms with Gasteiger partial charge < -0.3 is 19.3 Å². The van der Waals surface area contributed by atoms with Crippen molar-refractivity contribution in [3.05, 3.63) is 24.3 Å². The molecular formula is C33H50O7. The van der Waals surface area contributed by atoms with Gasteiger partial charge in [0.05, 0.1) is 13.2 Å². The van der Waals surface area contributed by atoms with E-state index in [2.05, 4.69) is 33.9 Å². The minimum atomic E-state index is -0.473. The number of hydrogen-bond acceptors (Lipinski definition) is 7. The lowest BCUT2D eigenvalue weighted by Crippen LogP contribution is -2.63. The number of aliphatic hydroxyl groups excluding tert-OH is 1. The SMILES string of the molecule is C=C(C)C(=O)OC1CC2C[C@H](OC(=O)C(=C)C)CC[C@]2(C)C2C[C@H](O)[C@]3(C)C(C(C)CCC(=O)OC)CCC3C12. The lowest BCUT2D eigenvalue weighted by atomic mass is 9.43. The van der Waals surface area contributed by atoms with E-state index in [9.17, 15) is 19.5 Å². The van der Waals surface area contributed by atoms with Gasteiger partial charge in [-0.05, 0) is 106 Å². The van der Waals surface area contributed by atoms with E-state index in [-0.39, 0.29) is 76.5 Å². The molecule has 0 aliphatic heterocycles. The van der Waals surface area contributed by atoms with Gasteiger partial charge in [0.15, 0.2) is 0 Å². The summed E-state index contributed by atoms with van der Waals surface area (Å²) in [7, 11) is 1.42. The fourth-order valence-electron chi connectivity index (χ4n) is 9.46. The van der Waals surface area contributed by atoms with Crippen molar-refractivity contribution >= 4 is 17.9 Å². The van der Waals surface area contributed by atoms with Crippen molar-refractivity contribution < 1.29 is 33.7 Å².